The van der Waals surface area contributed by atoms with Gasteiger partial charge in [0.1, 0.15) is 0 Å². The molecule has 42 heavy (non-hydrogen) atoms. The van der Waals surface area contributed by atoms with Gasteiger partial charge >= 0.3 is 11.9 Å². The molecular formula is C30H25Cl2F3N6O. The number of nitrogens with zero attached hydrogens (tertiary/aromatic N) is 6. The molecule has 0 aliphatic carbocycles. The maximum Gasteiger partial charge on any atom is 0.416 e. The summed E-state index contributed by atoms with van der Waals surface area (Å²) in [6, 6.07) is 19.2. The molecule has 12 heteroatoms. The Morgan fingerprint density at radius 3 is 1.95 bits per heavy atom. The summed E-state index contributed by atoms with van der Waals surface area (Å²) in [5.41, 5.74) is 2.45. The Labute approximate surface area is 249 Å². The van der Waals surface area contributed by atoms with Crippen molar-refractivity contribution in [2.75, 3.05) is 38.1 Å². The molecule has 1 aliphatic rings. The fraction of sp³-hybridized carbons (Fsp3) is 0.233. The van der Waals surface area contributed by atoms with E-state index in [4.69, 9.17) is 33.3 Å². The number of halogens is 5. The van der Waals surface area contributed by atoms with Crippen molar-refractivity contribution < 1.29 is 13.2 Å². The van der Waals surface area contributed by atoms with E-state index in [9.17, 15) is 18.0 Å². The molecule has 3 aromatic carbocycles. The SMILES string of the molecule is CN1CCN(c2nc(-c3ccc(Cl)cc3)c(-c3ccc(Cl)cc3)c3nn(Cc4ccc(C(F)(F)F)cc4)c(=O)n23)CC1. The van der Waals surface area contributed by atoms with Crippen molar-refractivity contribution in [3.8, 4) is 22.4 Å². The van der Waals surface area contributed by atoms with Gasteiger partial charge in [0.05, 0.1) is 23.4 Å². The van der Waals surface area contributed by atoms with E-state index in [1.165, 1.54) is 21.2 Å². The van der Waals surface area contributed by atoms with Crippen LogP contribution in [0.15, 0.2) is 77.6 Å². The van der Waals surface area contributed by atoms with Crippen LogP contribution in [0.4, 0.5) is 19.1 Å². The van der Waals surface area contributed by atoms with Crippen LogP contribution in [0.2, 0.25) is 10.0 Å². The van der Waals surface area contributed by atoms with E-state index < -0.39 is 17.4 Å². The topological polar surface area (TPSA) is 58.7 Å². The number of hydrogen-bond acceptors (Lipinski definition) is 5. The second kappa shape index (κ2) is 11.1. The van der Waals surface area contributed by atoms with E-state index in [1.54, 1.807) is 24.3 Å². The second-order valence-electron chi connectivity index (χ2n) is 10.2. The first-order chi connectivity index (χ1) is 20.1. The molecule has 1 aliphatic heterocycles. The van der Waals surface area contributed by atoms with Crippen LogP contribution in [0.1, 0.15) is 11.1 Å². The van der Waals surface area contributed by atoms with Crippen molar-refractivity contribution in [1.82, 2.24) is 24.1 Å². The monoisotopic (exact) mass is 612 g/mol. The van der Waals surface area contributed by atoms with Gasteiger partial charge in [0.2, 0.25) is 5.95 Å². The number of aromatic nitrogens is 4. The number of benzene rings is 3. The molecule has 0 spiro atoms. The fourth-order valence-corrected chi connectivity index (χ4v) is 5.31. The van der Waals surface area contributed by atoms with Gasteiger partial charge < -0.3 is 9.80 Å². The lowest BCUT2D eigenvalue weighted by atomic mass is 10.00. The summed E-state index contributed by atoms with van der Waals surface area (Å²) in [5, 5.41) is 5.88. The molecule has 0 saturated carbocycles. The summed E-state index contributed by atoms with van der Waals surface area (Å²) in [6.45, 7) is 2.85. The van der Waals surface area contributed by atoms with Gasteiger partial charge in [-0.05, 0) is 54.6 Å². The Kier molecular flexibility index (Phi) is 7.46. The first kappa shape index (κ1) is 28.3. The Balaban J connectivity index is 1.59. The summed E-state index contributed by atoms with van der Waals surface area (Å²) in [4.78, 5) is 23.3. The van der Waals surface area contributed by atoms with Gasteiger partial charge in [-0.2, -0.15) is 13.2 Å². The average Bonchev–Trinajstić information content (AvgIpc) is 3.29. The van der Waals surface area contributed by atoms with E-state index in [-0.39, 0.29) is 6.54 Å². The molecule has 6 rings (SSSR count). The minimum absolute atomic E-state index is 0.0167. The third-order valence-corrected chi connectivity index (χ3v) is 7.87. The van der Waals surface area contributed by atoms with Crippen LogP contribution in [-0.2, 0) is 12.7 Å². The predicted molar refractivity (Wildman–Crippen MR) is 158 cm³/mol. The number of likely N-dealkylation sites (N-methyl/N-ethyl adjacent to an activating group) is 1. The quantitative estimate of drug-likeness (QED) is 0.231. The van der Waals surface area contributed by atoms with Crippen molar-refractivity contribution in [2.45, 2.75) is 12.7 Å². The molecule has 0 bridgehead atoms. The molecule has 5 aromatic rings. The van der Waals surface area contributed by atoms with Crippen molar-refractivity contribution in [1.29, 1.82) is 0 Å². The van der Waals surface area contributed by atoms with Crippen LogP contribution in [0.5, 0.6) is 0 Å². The lowest BCUT2D eigenvalue weighted by Crippen LogP contribution is -2.46. The van der Waals surface area contributed by atoms with E-state index in [0.29, 0.717) is 51.6 Å². The third kappa shape index (κ3) is 5.49. The zero-order valence-corrected chi connectivity index (χ0v) is 24.0. The van der Waals surface area contributed by atoms with Crippen LogP contribution in [0, 0.1) is 0 Å². The van der Waals surface area contributed by atoms with E-state index in [2.05, 4.69) is 9.80 Å². The fourth-order valence-electron chi connectivity index (χ4n) is 5.05. The van der Waals surface area contributed by atoms with Crippen molar-refractivity contribution in [2.24, 2.45) is 0 Å². The molecule has 0 atom stereocenters. The molecule has 1 saturated heterocycles. The van der Waals surface area contributed by atoms with Gasteiger partial charge in [-0.1, -0.05) is 59.6 Å². The van der Waals surface area contributed by atoms with Crippen LogP contribution in [0.25, 0.3) is 28.0 Å². The van der Waals surface area contributed by atoms with Gasteiger partial charge in [-0.25, -0.2) is 18.9 Å². The second-order valence-corrected chi connectivity index (χ2v) is 11.1. The van der Waals surface area contributed by atoms with E-state index in [1.807, 2.05) is 31.3 Å². The zero-order valence-electron chi connectivity index (χ0n) is 22.4. The minimum atomic E-state index is -4.45. The molecule has 1 fully saturated rings. The number of fused-ring (bicyclic) bond motifs is 1. The first-order valence-electron chi connectivity index (χ1n) is 13.2. The number of piperazine rings is 1. The number of anilines is 1. The summed E-state index contributed by atoms with van der Waals surface area (Å²) < 4.78 is 42.1. The molecule has 3 heterocycles. The van der Waals surface area contributed by atoms with Gasteiger partial charge in [0, 0.05) is 41.8 Å². The molecule has 0 N–H and O–H groups in total. The number of rotatable bonds is 5. The standard InChI is InChI=1S/C30H25Cl2F3N6O/c1-38-14-16-39(17-15-38)28-36-26(21-6-12-24(32)13-7-21)25(20-4-10-23(31)11-5-20)27-37-40(29(42)41(27)28)18-19-2-8-22(9-3-19)30(33,34)35/h2-13H,14-18H2,1H3. The Hall–Kier alpha value is -3.86. The lowest BCUT2D eigenvalue weighted by Gasteiger charge is -2.33. The van der Waals surface area contributed by atoms with E-state index in [0.717, 1.165) is 36.3 Å². The highest BCUT2D eigenvalue weighted by molar-refractivity contribution is 6.31. The van der Waals surface area contributed by atoms with Crippen LogP contribution in [0.3, 0.4) is 0 Å². The van der Waals surface area contributed by atoms with Crippen molar-refractivity contribution in [3.63, 3.8) is 0 Å². The van der Waals surface area contributed by atoms with Gasteiger partial charge in [0.15, 0.2) is 5.65 Å². The highest BCUT2D eigenvalue weighted by Gasteiger charge is 2.30. The average molecular weight is 613 g/mol. The van der Waals surface area contributed by atoms with Gasteiger partial charge in [-0.3, -0.25) is 0 Å². The molecule has 0 radical (unpaired) electrons. The zero-order chi connectivity index (χ0) is 29.6. The van der Waals surface area contributed by atoms with E-state index >= 15 is 0 Å². The molecule has 216 valence electrons. The Bertz CT molecular complexity index is 1790. The number of hydrogen-bond donors (Lipinski definition) is 0. The summed E-state index contributed by atoms with van der Waals surface area (Å²) >= 11 is 12.4. The number of alkyl halides is 3. The Morgan fingerprint density at radius 1 is 0.810 bits per heavy atom. The highest BCUT2D eigenvalue weighted by Crippen LogP contribution is 2.37. The maximum atomic E-state index is 14.0. The smallest absolute Gasteiger partial charge is 0.339 e. The lowest BCUT2D eigenvalue weighted by molar-refractivity contribution is -0.137. The largest absolute Gasteiger partial charge is 0.416 e. The van der Waals surface area contributed by atoms with Crippen molar-refractivity contribution >= 4 is 34.8 Å². The normalized spacial score (nSPS) is 14.6. The molecule has 2 aromatic heterocycles. The predicted octanol–water partition coefficient (Wildman–Crippen LogP) is 6.35. The van der Waals surface area contributed by atoms with Gasteiger partial charge in [0.25, 0.3) is 0 Å². The molecule has 0 amide bonds. The molecular weight excluding hydrogens is 588 g/mol. The first-order valence-corrected chi connectivity index (χ1v) is 14.0. The van der Waals surface area contributed by atoms with Crippen molar-refractivity contribution in [3.05, 3.63) is 104 Å². The van der Waals surface area contributed by atoms with Crippen LogP contribution < -0.4 is 10.6 Å². The summed E-state index contributed by atoms with van der Waals surface area (Å²) in [5.74, 6) is 0.449. The molecule has 0 unspecified atom stereocenters. The Morgan fingerprint density at radius 2 is 1.38 bits per heavy atom. The third-order valence-electron chi connectivity index (χ3n) is 7.36. The van der Waals surface area contributed by atoms with Crippen LogP contribution >= 0.6 is 23.2 Å². The van der Waals surface area contributed by atoms with Crippen LogP contribution in [-0.4, -0.2) is 57.3 Å². The molecule has 7 nitrogen and oxygen atoms in total. The minimum Gasteiger partial charge on any atom is -0.339 e. The summed E-state index contributed by atoms with van der Waals surface area (Å²) in [6.07, 6.45) is -4.45. The van der Waals surface area contributed by atoms with Gasteiger partial charge in [-0.15, -0.1) is 5.10 Å². The summed E-state index contributed by atoms with van der Waals surface area (Å²) in [7, 11) is 2.04. The highest BCUT2D eigenvalue weighted by atomic mass is 35.5. The maximum absolute atomic E-state index is 14.0.